The summed E-state index contributed by atoms with van der Waals surface area (Å²) in [4.78, 5) is 37.5. The summed E-state index contributed by atoms with van der Waals surface area (Å²) in [5, 5.41) is 16.4. The van der Waals surface area contributed by atoms with Crippen LogP contribution in [0.15, 0.2) is 47.4 Å². The number of aromatic nitrogens is 5. The molecule has 0 radical (unpaired) electrons. The van der Waals surface area contributed by atoms with Crippen molar-refractivity contribution in [3.8, 4) is 11.4 Å². The first kappa shape index (κ1) is 31.2. The van der Waals surface area contributed by atoms with E-state index in [9.17, 15) is 14.4 Å². The van der Waals surface area contributed by atoms with Gasteiger partial charge in [-0.05, 0) is 91.0 Å². The number of esters is 1. The van der Waals surface area contributed by atoms with E-state index in [-0.39, 0.29) is 29.7 Å². The summed E-state index contributed by atoms with van der Waals surface area (Å²) in [6, 6.07) is 10.6. The molecule has 0 bridgehead atoms. The molecule has 1 amide bonds. The molecule has 1 fully saturated rings. The lowest BCUT2D eigenvalue weighted by Crippen LogP contribution is -2.45. The number of halogens is 1. The number of amides is 1. The number of nitrogens with zero attached hydrogens (tertiary/aromatic N) is 5. The molecule has 0 aliphatic heterocycles. The van der Waals surface area contributed by atoms with E-state index in [2.05, 4.69) is 20.7 Å². The smallest absolute Gasteiger partial charge is 0.407 e. The molecule has 2 heterocycles. The second-order valence-electron chi connectivity index (χ2n) is 12.8. The number of hydrogen-bond donors (Lipinski definition) is 1. The van der Waals surface area contributed by atoms with Crippen molar-refractivity contribution in [2.45, 2.75) is 91.0 Å². The highest BCUT2D eigenvalue weighted by atomic mass is 35.5. The van der Waals surface area contributed by atoms with Crippen molar-refractivity contribution in [3.05, 3.63) is 63.5 Å². The van der Waals surface area contributed by atoms with Crippen LogP contribution in [-0.4, -0.2) is 49.0 Å². The van der Waals surface area contributed by atoms with Gasteiger partial charge >= 0.3 is 12.1 Å². The van der Waals surface area contributed by atoms with Crippen LogP contribution < -0.4 is 10.9 Å². The van der Waals surface area contributed by atoms with E-state index in [4.69, 9.17) is 21.1 Å². The molecule has 2 aromatic heterocycles. The van der Waals surface area contributed by atoms with Crippen LogP contribution in [0.3, 0.4) is 0 Å². The van der Waals surface area contributed by atoms with Crippen LogP contribution in [0.25, 0.3) is 11.4 Å². The maximum atomic E-state index is 12.9. The Kier molecular flexibility index (Phi) is 9.10. The van der Waals surface area contributed by atoms with Crippen LogP contribution in [0.1, 0.15) is 78.8 Å². The zero-order valence-corrected chi connectivity index (χ0v) is 25.8. The number of nitrogens with one attached hydrogen (secondary N) is 1. The molecular weight excluding hydrogens is 560 g/mol. The van der Waals surface area contributed by atoms with Gasteiger partial charge in [0.1, 0.15) is 17.0 Å². The normalized spacial score (nSPS) is 19.3. The lowest BCUT2D eigenvalue weighted by Gasteiger charge is -2.41. The Morgan fingerprint density at radius 3 is 2.43 bits per heavy atom. The molecule has 226 valence electrons. The summed E-state index contributed by atoms with van der Waals surface area (Å²) in [6.45, 7) is 11.1. The zero-order valence-electron chi connectivity index (χ0n) is 25.0. The summed E-state index contributed by atoms with van der Waals surface area (Å²) in [5.41, 5.74) is 0.149. The highest BCUT2D eigenvalue weighted by molar-refractivity contribution is 6.30. The van der Waals surface area contributed by atoms with E-state index in [1.807, 2.05) is 45.0 Å². The van der Waals surface area contributed by atoms with E-state index >= 15 is 0 Å². The molecule has 0 atom stereocenters. The SMILES string of the molecule is CC(C)(C)OC(=O)NCC1(c2cccc(Cl)c2)CCC(n2nc(-c3cn(COC(=O)C(C)(C)C)nn3)ccc2=O)CC1. The van der Waals surface area contributed by atoms with Gasteiger partial charge in [-0.1, -0.05) is 28.9 Å². The first-order valence-electron chi connectivity index (χ1n) is 14.1. The van der Waals surface area contributed by atoms with Crippen LogP contribution in [0, 0.1) is 5.41 Å². The molecule has 0 spiro atoms. The van der Waals surface area contributed by atoms with Crippen molar-refractivity contribution in [2.75, 3.05) is 6.54 Å². The number of hydrogen-bond acceptors (Lipinski definition) is 8. The molecule has 1 aliphatic rings. The Balaban J connectivity index is 1.50. The maximum Gasteiger partial charge on any atom is 0.407 e. The second kappa shape index (κ2) is 12.2. The van der Waals surface area contributed by atoms with Gasteiger partial charge < -0.3 is 14.8 Å². The van der Waals surface area contributed by atoms with E-state index in [1.165, 1.54) is 15.4 Å². The molecule has 1 N–H and O–H groups in total. The number of ether oxygens (including phenoxy) is 2. The Bertz CT molecular complexity index is 1480. The summed E-state index contributed by atoms with van der Waals surface area (Å²) in [5.74, 6) is -0.348. The van der Waals surface area contributed by atoms with Crippen molar-refractivity contribution >= 4 is 23.7 Å². The Hall–Kier alpha value is -3.73. The number of benzene rings is 1. The fourth-order valence-electron chi connectivity index (χ4n) is 4.98. The average Bonchev–Trinajstić information content (AvgIpc) is 3.39. The molecule has 4 rings (SSSR count). The summed E-state index contributed by atoms with van der Waals surface area (Å²) in [6.07, 6.45) is 3.87. The lowest BCUT2D eigenvalue weighted by molar-refractivity contribution is -0.157. The molecule has 1 aliphatic carbocycles. The number of rotatable bonds is 7. The molecule has 0 unspecified atom stereocenters. The van der Waals surface area contributed by atoms with Crippen molar-refractivity contribution in [1.82, 2.24) is 30.1 Å². The fourth-order valence-corrected chi connectivity index (χ4v) is 5.18. The van der Waals surface area contributed by atoms with E-state index < -0.39 is 17.1 Å². The minimum atomic E-state index is -0.628. The summed E-state index contributed by atoms with van der Waals surface area (Å²) in [7, 11) is 0. The van der Waals surface area contributed by atoms with Gasteiger partial charge in [0.25, 0.3) is 5.56 Å². The van der Waals surface area contributed by atoms with Gasteiger partial charge in [0.05, 0.1) is 17.7 Å². The molecule has 1 saturated carbocycles. The predicted octanol–water partition coefficient (Wildman–Crippen LogP) is 5.28. The van der Waals surface area contributed by atoms with Gasteiger partial charge in [-0.15, -0.1) is 5.10 Å². The highest BCUT2D eigenvalue weighted by Gasteiger charge is 2.39. The third-order valence-corrected chi connectivity index (χ3v) is 7.47. The van der Waals surface area contributed by atoms with E-state index in [1.54, 1.807) is 33.0 Å². The quantitative estimate of drug-likeness (QED) is 0.364. The molecule has 1 aromatic carbocycles. The standard InChI is InChI=1S/C30H39ClN6O5/c1-28(2,3)26(39)41-19-36-17-24(33-35-36)23-10-11-25(38)37(34-23)22-12-14-30(15-13-22,20-8-7-9-21(31)16-20)18-32-27(40)42-29(4,5)6/h7-11,16-17,22H,12-15,18-19H2,1-6H3,(H,32,40). The van der Waals surface area contributed by atoms with Gasteiger partial charge in [-0.25, -0.2) is 14.2 Å². The van der Waals surface area contributed by atoms with Crippen molar-refractivity contribution < 1.29 is 19.1 Å². The van der Waals surface area contributed by atoms with Crippen LogP contribution in [-0.2, 0) is 26.4 Å². The predicted molar refractivity (Wildman–Crippen MR) is 158 cm³/mol. The van der Waals surface area contributed by atoms with Crippen molar-refractivity contribution in [1.29, 1.82) is 0 Å². The molecule has 12 heteroatoms. The Morgan fingerprint density at radius 1 is 1.07 bits per heavy atom. The topological polar surface area (TPSA) is 130 Å². The van der Waals surface area contributed by atoms with Crippen molar-refractivity contribution in [2.24, 2.45) is 5.41 Å². The van der Waals surface area contributed by atoms with Crippen LogP contribution in [0.4, 0.5) is 4.79 Å². The van der Waals surface area contributed by atoms with E-state index in [0.29, 0.717) is 48.6 Å². The Morgan fingerprint density at radius 2 is 1.79 bits per heavy atom. The zero-order chi connectivity index (χ0) is 30.7. The monoisotopic (exact) mass is 598 g/mol. The fraction of sp³-hybridized carbons (Fsp3) is 0.533. The van der Waals surface area contributed by atoms with E-state index in [0.717, 1.165) is 5.56 Å². The second-order valence-corrected chi connectivity index (χ2v) is 13.3. The minimum absolute atomic E-state index is 0.0751. The number of carbonyl (C=O) groups is 2. The van der Waals surface area contributed by atoms with Crippen LogP contribution in [0.2, 0.25) is 5.02 Å². The van der Waals surface area contributed by atoms with Crippen LogP contribution >= 0.6 is 11.6 Å². The van der Waals surface area contributed by atoms with Gasteiger partial charge in [-0.3, -0.25) is 9.59 Å². The molecule has 42 heavy (non-hydrogen) atoms. The third-order valence-electron chi connectivity index (χ3n) is 7.23. The van der Waals surface area contributed by atoms with Gasteiger partial charge in [0.2, 0.25) is 0 Å². The summed E-state index contributed by atoms with van der Waals surface area (Å²) >= 11 is 6.35. The Labute approximate surface area is 250 Å². The first-order valence-corrected chi connectivity index (χ1v) is 14.4. The van der Waals surface area contributed by atoms with Gasteiger partial charge in [0.15, 0.2) is 6.73 Å². The maximum absolute atomic E-state index is 12.9. The lowest BCUT2D eigenvalue weighted by atomic mass is 9.68. The van der Waals surface area contributed by atoms with Gasteiger partial charge in [-0.2, -0.15) is 5.10 Å². The van der Waals surface area contributed by atoms with Crippen LogP contribution in [0.5, 0.6) is 0 Å². The molecule has 11 nitrogen and oxygen atoms in total. The molecule has 3 aromatic rings. The van der Waals surface area contributed by atoms with Crippen molar-refractivity contribution in [3.63, 3.8) is 0 Å². The highest BCUT2D eigenvalue weighted by Crippen LogP contribution is 2.43. The number of alkyl carbamates (subject to hydrolysis) is 1. The number of carbonyl (C=O) groups excluding carboxylic acids is 2. The summed E-state index contributed by atoms with van der Waals surface area (Å²) < 4.78 is 13.7. The molecular formula is C30H39ClN6O5. The first-order chi connectivity index (χ1) is 19.6. The average molecular weight is 599 g/mol. The minimum Gasteiger partial charge on any atom is -0.444 e. The van der Waals surface area contributed by atoms with Gasteiger partial charge in [0, 0.05) is 23.0 Å². The largest absolute Gasteiger partial charge is 0.444 e. The molecule has 0 saturated heterocycles. The third kappa shape index (κ3) is 7.76.